The van der Waals surface area contributed by atoms with E-state index < -0.39 is 17.3 Å². The lowest BCUT2D eigenvalue weighted by molar-refractivity contribution is -0.137. The predicted molar refractivity (Wildman–Crippen MR) is 94.8 cm³/mol. The Kier molecular flexibility index (Phi) is 4.22. The number of halogens is 3. The molecule has 1 spiro atoms. The average Bonchev–Trinajstić information content (AvgIpc) is 3.21. The topological polar surface area (TPSA) is 45.2 Å². The summed E-state index contributed by atoms with van der Waals surface area (Å²) in [7, 11) is 1.82. The SMILES string of the molecule is CN1CC[C@]2(CC[C@H](c3cccc(-c4ccc(C(F)(F)F)cc4)n3)N2)C1=O. The molecule has 1 aromatic carbocycles. The Morgan fingerprint density at radius 3 is 2.52 bits per heavy atom. The molecule has 0 bridgehead atoms. The van der Waals surface area contributed by atoms with E-state index in [1.807, 2.05) is 19.2 Å². The Balaban J connectivity index is 1.56. The fourth-order valence-electron chi connectivity index (χ4n) is 4.02. The second-order valence-electron chi connectivity index (χ2n) is 7.32. The highest BCUT2D eigenvalue weighted by Crippen LogP contribution is 2.39. The van der Waals surface area contributed by atoms with Crippen molar-refractivity contribution < 1.29 is 18.0 Å². The van der Waals surface area contributed by atoms with E-state index in [2.05, 4.69) is 10.3 Å². The molecule has 1 aromatic heterocycles. The highest BCUT2D eigenvalue weighted by molar-refractivity contribution is 5.88. The maximum absolute atomic E-state index is 12.7. The highest BCUT2D eigenvalue weighted by Gasteiger charge is 2.50. The minimum absolute atomic E-state index is 0.0325. The second kappa shape index (κ2) is 6.34. The van der Waals surface area contributed by atoms with Crippen LogP contribution < -0.4 is 5.32 Å². The number of hydrogen-bond acceptors (Lipinski definition) is 3. The number of carbonyl (C=O) groups excluding carboxylic acids is 1. The summed E-state index contributed by atoms with van der Waals surface area (Å²) >= 11 is 0. The van der Waals surface area contributed by atoms with Crippen molar-refractivity contribution in [3.63, 3.8) is 0 Å². The zero-order chi connectivity index (χ0) is 19.2. The first-order valence-electron chi connectivity index (χ1n) is 8.96. The number of amides is 1. The predicted octanol–water partition coefficient (Wildman–Crippen LogP) is 3.79. The van der Waals surface area contributed by atoms with Gasteiger partial charge in [-0.2, -0.15) is 13.2 Å². The summed E-state index contributed by atoms with van der Waals surface area (Å²) in [6, 6.07) is 10.5. The molecule has 0 unspecified atom stereocenters. The van der Waals surface area contributed by atoms with Crippen molar-refractivity contribution in [1.29, 1.82) is 0 Å². The Morgan fingerprint density at radius 1 is 1.15 bits per heavy atom. The number of pyridine rings is 1. The van der Waals surface area contributed by atoms with E-state index in [1.165, 1.54) is 12.1 Å². The van der Waals surface area contributed by atoms with Gasteiger partial charge >= 0.3 is 6.18 Å². The molecule has 1 N–H and O–H groups in total. The first-order chi connectivity index (χ1) is 12.8. The normalized spacial score (nSPS) is 25.6. The van der Waals surface area contributed by atoms with Crippen molar-refractivity contribution in [2.45, 2.75) is 37.0 Å². The van der Waals surface area contributed by atoms with Crippen molar-refractivity contribution in [2.75, 3.05) is 13.6 Å². The summed E-state index contributed by atoms with van der Waals surface area (Å²) < 4.78 is 38.2. The van der Waals surface area contributed by atoms with Gasteiger partial charge in [0.25, 0.3) is 0 Å². The number of benzene rings is 1. The lowest BCUT2D eigenvalue weighted by atomic mass is 9.96. The molecule has 0 radical (unpaired) electrons. The second-order valence-corrected chi connectivity index (χ2v) is 7.32. The number of aromatic nitrogens is 1. The van der Waals surface area contributed by atoms with Crippen LogP contribution in [0.3, 0.4) is 0 Å². The first kappa shape index (κ1) is 18.0. The molecule has 2 aliphatic heterocycles. The molecule has 27 heavy (non-hydrogen) atoms. The lowest BCUT2D eigenvalue weighted by Gasteiger charge is -2.23. The quantitative estimate of drug-likeness (QED) is 0.869. The third-order valence-corrected chi connectivity index (χ3v) is 5.58. The Hall–Kier alpha value is -2.41. The fraction of sp³-hybridized carbons (Fsp3) is 0.400. The van der Waals surface area contributed by atoms with E-state index in [-0.39, 0.29) is 11.9 Å². The number of likely N-dealkylation sites (N-methyl/N-ethyl adjacent to an activating group) is 1. The van der Waals surface area contributed by atoms with Crippen LogP contribution in [0.2, 0.25) is 0 Å². The van der Waals surface area contributed by atoms with E-state index in [4.69, 9.17) is 0 Å². The number of carbonyl (C=O) groups is 1. The molecule has 142 valence electrons. The number of nitrogens with zero attached hydrogens (tertiary/aromatic N) is 2. The lowest BCUT2D eigenvalue weighted by Crippen LogP contribution is -2.47. The van der Waals surface area contributed by atoms with Crippen molar-refractivity contribution in [3.05, 3.63) is 53.7 Å². The summed E-state index contributed by atoms with van der Waals surface area (Å²) in [4.78, 5) is 18.9. The third-order valence-electron chi connectivity index (χ3n) is 5.58. The van der Waals surface area contributed by atoms with Gasteiger partial charge < -0.3 is 4.90 Å². The number of nitrogens with one attached hydrogen (secondary N) is 1. The summed E-state index contributed by atoms with van der Waals surface area (Å²) in [6.07, 6.45) is -1.98. The van der Waals surface area contributed by atoms with Gasteiger partial charge in [-0.15, -0.1) is 0 Å². The summed E-state index contributed by atoms with van der Waals surface area (Å²) in [5.74, 6) is 0.129. The minimum atomic E-state index is -4.35. The molecule has 2 fully saturated rings. The van der Waals surface area contributed by atoms with Crippen LogP contribution in [0.5, 0.6) is 0 Å². The smallest absolute Gasteiger partial charge is 0.344 e. The molecule has 2 aliphatic rings. The van der Waals surface area contributed by atoms with Gasteiger partial charge in [0.1, 0.15) is 5.54 Å². The number of rotatable bonds is 2. The maximum Gasteiger partial charge on any atom is 0.416 e. The number of alkyl halides is 3. The average molecular weight is 375 g/mol. The summed E-state index contributed by atoms with van der Waals surface area (Å²) in [5, 5.41) is 3.47. The minimum Gasteiger partial charge on any atom is -0.344 e. The van der Waals surface area contributed by atoms with E-state index >= 15 is 0 Å². The number of likely N-dealkylation sites (tertiary alicyclic amines) is 1. The molecule has 1 amide bonds. The fourth-order valence-corrected chi connectivity index (χ4v) is 4.02. The molecule has 0 saturated carbocycles. The Labute approximate surface area is 155 Å². The van der Waals surface area contributed by atoms with Crippen LogP contribution >= 0.6 is 0 Å². The van der Waals surface area contributed by atoms with Gasteiger partial charge in [-0.05, 0) is 43.5 Å². The summed E-state index contributed by atoms with van der Waals surface area (Å²) in [6.45, 7) is 0.748. The van der Waals surface area contributed by atoms with Gasteiger partial charge in [-0.3, -0.25) is 15.1 Å². The van der Waals surface area contributed by atoms with Crippen LogP contribution in [0, 0.1) is 0 Å². The molecular weight excluding hydrogens is 355 g/mol. The maximum atomic E-state index is 12.7. The Morgan fingerprint density at radius 2 is 1.89 bits per heavy atom. The van der Waals surface area contributed by atoms with Crippen molar-refractivity contribution in [3.8, 4) is 11.3 Å². The van der Waals surface area contributed by atoms with Gasteiger partial charge in [-0.1, -0.05) is 18.2 Å². The highest BCUT2D eigenvalue weighted by atomic mass is 19.4. The van der Waals surface area contributed by atoms with Crippen molar-refractivity contribution in [2.24, 2.45) is 0 Å². The van der Waals surface area contributed by atoms with Gasteiger partial charge in [0.2, 0.25) is 5.91 Å². The van der Waals surface area contributed by atoms with Crippen molar-refractivity contribution in [1.82, 2.24) is 15.2 Å². The zero-order valence-corrected chi connectivity index (χ0v) is 14.9. The zero-order valence-electron chi connectivity index (χ0n) is 14.9. The van der Waals surface area contributed by atoms with Gasteiger partial charge in [0, 0.05) is 19.2 Å². The molecule has 3 heterocycles. The standard InChI is InChI=1S/C20H20F3N3O/c1-26-12-11-19(18(26)27)10-9-17(25-19)16-4-2-3-15(24-16)13-5-7-14(8-6-13)20(21,22)23/h2-8,17,25H,9-12H2,1H3/t17-,19-/m1/s1. The molecule has 2 aromatic rings. The first-order valence-corrected chi connectivity index (χ1v) is 8.96. The van der Waals surface area contributed by atoms with Gasteiger partial charge in [0.15, 0.2) is 0 Å². The molecule has 0 aliphatic carbocycles. The third kappa shape index (κ3) is 3.20. The molecule has 4 rings (SSSR count). The molecule has 2 saturated heterocycles. The Bertz CT molecular complexity index is 866. The van der Waals surface area contributed by atoms with Crippen LogP contribution in [0.4, 0.5) is 13.2 Å². The van der Waals surface area contributed by atoms with Gasteiger partial charge in [0.05, 0.1) is 23.0 Å². The van der Waals surface area contributed by atoms with E-state index in [1.54, 1.807) is 11.0 Å². The van der Waals surface area contributed by atoms with Crippen LogP contribution in [0.15, 0.2) is 42.5 Å². The van der Waals surface area contributed by atoms with Crippen LogP contribution in [-0.4, -0.2) is 34.9 Å². The molecule has 7 heteroatoms. The monoisotopic (exact) mass is 375 g/mol. The van der Waals surface area contributed by atoms with E-state index in [0.29, 0.717) is 11.3 Å². The molecular formula is C20H20F3N3O. The molecule has 4 nitrogen and oxygen atoms in total. The van der Waals surface area contributed by atoms with E-state index in [0.717, 1.165) is 43.6 Å². The van der Waals surface area contributed by atoms with E-state index in [9.17, 15) is 18.0 Å². The van der Waals surface area contributed by atoms with Crippen LogP contribution in [-0.2, 0) is 11.0 Å². The van der Waals surface area contributed by atoms with Gasteiger partial charge in [-0.25, -0.2) is 0 Å². The van der Waals surface area contributed by atoms with Crippen LogP contribution in [0.25, 0.3) is 11.3 Å². The van der Waals surface area contributed by atoms with Crippen molar-refractivity contribution >= 4 is 5.91 Å². The number of hydrogen-bond donors (Lipinski definition) is 1. The van der Waals surface area contributed by atoms with Crippen LogP contribution in [0.1, 0.15) is 36.6 Å². The summed E-state index contributed by atoms with van der Waals surface area (Å²) in [5.41, 5.74) is 0.899. The largest absolute Gasteiger partial charge is 0.416 e. The molecule has 2 atom stereocenters.